The van der Waals surface area contributed by atoms with Crippen LogP contribution in [0.4, 0.5) is 0 Å². The molecule has 0 radical (unpaired) electrons. The first-order valence-electron chi connectivity index (χ1n) is 5.60. The number of hydrogen-bond donors (Lipinski definition) is 2. The molecule has 0 aliphatic carbocycles. The lowest BCUT2D eigenvalue weighted by Gasteiger charge is -2.26. The maximum absolute atomic E-state index is 11.3. The molecule has 0 aromatic carbocycles. The van der Waals surface area contributed by atoms with Crippen LogP contribution in [-0.4, -0.2) is 30.7 Å². The number of carbonyl (C=O) groups excluding carboxylic acids is 1. The lowest BCUT2D eigenvalue weighted by atomic mass is 9.94. The van der Waals surface area contributed by atoms with Crippen LogP contribution in [0, 0.1) is 0 Å². The average molecular weight is 253 g/mol. The van der Waals surface area contributed by atoms with Crippen LogP contribution in [0.1, 0.15) is 40.5 Å². The van der Waals surface area contributed by atoms with Crippen molar-refractivity contribution in [2.45, 2.75) is 52.2 Å². The molecule has 3 N–H and O–H groups in total. The van der Waals surface area contributed by atoms with E-state index in [4.69, 9.17) is 10.5 Å². The molecule has 98 valence electrons. The second kappa shape index (κ2) is 8.79. The Morgan fingerprint density at radius 3 is 2.25 bits per heavy atom. The Hall–Kier alpha value is -0.320. The minimum Gasteiger partial charge on any atom is -0.369 e. The molecule has 5 heteroatoms. The predicted octanol–water partition coefficient (Wildman–Crippen LogP) is 1.47. The molecule has 0 aromatic rings. The summed E-state index contributed by atoms with van der Waals surface area (Å²) in [5, 5.41) is 2.79. The molecule has 0 unspecified atom stereocenters. The normalized spacial score (nSPS) is 11.1. The number of rotatable bonds is 7. The van der Waals surface area contributed by atoms with Crippen LogP contribution in [0.3, 0.4) is 0 Å². The second-order valence-electron chi connectivity index (χ2n) is 4.21. The number of nitrogens with two attached hydrogens (primary N) is 1. The zero-order valence-electron chi connectivity index (χ0n) is 10.7. The van der Waals surface area contributed by atoms with Crippen molar-refractivity contribution < 1.29 is 9.53 Å². The monoisotopic (exact) mass is 252 g/mol. The van der Waals surface area contributed by atoms with Crippen LogP contribution in [0.25, 0.3) is 0 Å². The highest BCUT2D eigenvalue weighted by atomic mass is 35.5. The molecule has 0 atom stereocenters. The summed E-state index contributed by atoms with van der Waals surface area (Å²) >= 11 is 0. The van der Waals surface area contributed by atoms with E-state index in [1.807, 2.05) is 27.7 Å². The Morgan fingerprint density at radius 2 is 1.88 bits per heavy atom. The highest BCUT2D eigenvalue weighted by molar-refractivity contribution is 5.85. The molecule has 0 rings (SSSR count). The molecule has 0 heterocycles. The van der Waals surface area contributed by atoms with Crippen LogP contribution in [0.15, 0.2) is 0 Å². The SMILES string of the molecule is CCC(N)(CC)CNC(=O)COC(C)C.Cl. The molecular weight excluding hydrogens is 228 g/mol. The smallest absolute Gasteiger partial charge is 0.246 e. The number of halogens is 1. The van der Waals surface area contributed by atoms with Gasteiger partial charge in [-0.05, 0) is 26.7 Å². The van der Waals surface area contributed by atoms with E-state index in [0.29, 0.717) is 6.54 Å². The first-order valence-corrected chi connectivity index (χ1v) is 5.60. The first kappa shape index (κ1) is 18.1. The summed E-state index contributed by atoms with van der Waals surface area (Å²) in [6, 6.07) is 0. The van der Waals surface area contributed by atoms with E-state index < -0.39 is 0 Å². The highest BCUT2D eigenvalue weighted by Gasteiger charge is 2.20. The standard InChI is InChI=1S/C11H24N2O2.ClH/c1-5-11(12,6-2)8-13-10(14)7-15-9(3)4;/h9H,5-8,12H2,1-4H3,(H,13,14);1H. The maximum Gasteiger partial charge on any atom is 0.246 e. The van der Waals surface area contributed by atoms with E-state index in [2.05, 4.69) is 5.32 Å². The van der Waals surface area contributed by atoms with Crippen molar-refractivity contribution in [1.29, 1.82) is 0 Å². The van der Waals surface area contributed by atoms with E-state index in [9.17, 15) is 4.79 Å². The Morgan fingerprint density at radius 1 is 1.38 bits per heavy atom. The van der Waals surface area contributed by atoms with Crippen molar-refractivity contribution >= 4 is 18.3 Å². The Kier molecular flexibility index (Phi) is 9.92. The van der Waals surface area contributed by atoms with Gasteiger partial charge in [-0.1, -0.05) is 13.8 Å². The van der Waals surface area contributed by atoms with Gasteiger partial charge in [0.05, 0.1) is 6.10 Å². The molecular formula is C11H25ClN2O2. The topological polar surface area (TPSA) is 64.3 Å². The molecule has 0 saturated heterocycles. The van der Waals surface area contributed by atoms with Crippen LogP contribution >= 0.6 is 12.4 Å². The van der Waals surface area contributed by atoms with Gasteiger partial charge >= 0.3 is 0 Å². The lowest BCUT2D eigenvalue weighted by Crippen LogP contribution is -2.49. The van der Waals surface area contributed by atoms with E-state index in [1.54, 1.807) is 0 Å². The molecule has 4 nitrogen and oxygen atoms in total. The Labute approximate surface area is 105 Å². The quantitative estimate of drug-likeness (QED) is 0.721. The van der Waals surface area contributed by atoms with Crippen LogP contribution in [0.2, 0.25) is 0 Å². The first-order chi connectivity index (χ1) is 6.93. The van der Waals surface area contributed by atoms with Crippen molar-refractivity contribution in [3.8, 4) is 0 Å². The zero-order chi connectivity index (χ0) is 11.9. The van der Waals surface area contributed by atoms with E-state index in [1.165, 1.54) is 0 Å². The number of ether oxygens (including phenoxy) is 1. The minimum absolute atomic E-state index is 0. The molecule has 1 amide bonds. The summed E-state index contributed by atoms with van der Waals surface area (Å²) in [6.45, 7) is 8.49. The summed E-state index contributed by atoms with van der Waals surface area (Å²) in [4.78, 5) is 11.3. The van der Waals surface area contributed by atoms with Gasteiger partial charge in [-0.15, -0.1) is 12.4 Å². The predicted molar refractivity (Wildman–Crippen MR) is 68.8 cm³/mol. The van der Waals surface area contributed by atoms with E-state index in [-0.39, 0.29) is 36.6 Å². The molecule has 0 saturated carbocycles. The van der Waals surface area contributed by atoms with Gasteiger partial charge < -0.3 is 15.8 Å². The third kappa shape index (κ3) is 7.91. The summed E-state index contributed by atoms with van der Waals surface area (Å²) < 4.78 is 5.18. The maximum atomic E-state index is 11.3. The van der Waals surface area contributed by atoms with E-state index >= 15 is 0 Å². The summed E-state index contributed by atoms with van der Waals surface area (Å²) in [6.07, 6.45) is 1.79. The zero-order valence-corrected chi connectivity index (χ0v) is 11.5. The molecule has 0 aromatic heterocycles. The van der Waals surface area contributed by atoms with Crippen molar-refractivity contribution in [1.82, 2.24) is 5.32 Å². The molecule has 16 heavy (non-hydrogen) atoms. The van der Waals surface area contributed by atoms with Gasteiger partial charge in [0.15, 0.2) is 0 Å². The van der Waals surface area contributed by atoms with Crippen LogP contribution in [0.5, 0.6) is 0 Å². The third-order valence-electron chi connectivity index (χ3n) is 2.59. The average Bonchev–Trinajstić information content (AvgIpc) is 2.23. The van der Waals surface area contributed by atoms with Crippen molar-refractivity contribution in [2.24, 2.45) is 5.73 Å². The molecule has 0 fully saturated rings. The van der Waals surface area contributed by atoms with Gasteiger partial charge in [0.2, 0.25) is 5.91 Å². The van der Waals surface area contributed by atoms with Gasteiger partial charge in [-0.3, -0.25) is 4.79 Å². The third-order valence-corrected chi connectivity index (χ3v) is 2.59. The number of amides is 1. The molecule has 0 bridgehead atoms. The number of nitrogens with one attached hydrogen (secondary N) is 1. The fourth-order valence-corrected chi connectivity index (χ4v) is 1.07. The van der Waals surface area contributed by atoms with Gasteiger partial charge in [0.25, 0.3) is 0 Å². The van der Waals surface area contributed by atoms with Gasteiger partial charge in [-0.25, -0.2) is 0 Å². The number of carbonyl (C=O) groups is 1. The molecule has 0 aliphatic heterocycles. The summed E-state index contributed by atoms with van der Waals surface area (Å²) in [7, 11) is 0. The van der Waals surface area contributed by atoms with E-state index in [0.717, 1.165) is 12.8 Å². The van der Waals surface area contributed by atoms with Crippen LogP contribution < -0.4 is 11.1 Å². The largest absolute Gasteiger partial charge is 0.369 e. The Bertz CT molecular complexity index is 194. The molecule has 0 spiro atoms. The van der Waals surface area contributed by atoms with Gasteiger partial charge in [0.1, 0.15) is 6.61 Å². The van der Waals surface area contributed by atoms with Crippen molar-refractivity contribution in [3.05, 3.63) is 0 Å². The van der Waals surface area contributed by atoms with Gasteiger partial charge in [-0.2, -0.15) is 0 Å². The fraction of sp³-hybridized carbons (Fsp3) is 0.909. The van der Waals surface area contributed by atoms with Crippen LogP contribution in [-0.2, 0) is 9.53 Å². The van der Waals surface area contributed by atoms with Gasteiger partial charge in [0, 0.05) is 12.1 Å². The van der Waals surface area contributed by atoms with Crippen molar-refractivity contribution in [3.63, 3.8) is 0 Å². The Balaban J connectivity index is 0. The summed E-state index contributed by atoms with van der Waals surface area (Å²) in [5.74, 6) is -0.0968. The summed E-state index contributed by atoms with van der Waals surface area (Å²) in [5.41, 5.74) is 5.76. The highest BCUT2D eigenvalue weighted by Crippen LogP contribution is 2.08. The number of hydrogen-bond acceptors (Lipinski definition) is 3. The second-order valence-corrected chi connectivity index (χ2v) is 4.21. The molecule has 0 aliphatic rings. The fourth-order valence-electron chi connectivity index (χ4n) is 1.07. The minimum atomic E-state index is -0.284. The lowest BCUT2D eigenvalue weighted by molar-refractivity contribution is -0.127. The van der Waals surface area contributed by atoms with Crippen molar-refractivity contribution in [2.75, 3.05) is 13.2 Å².